The lowest BCUT2D eigenvalue weighted by molar-refractivity contribution is 0.202. The fraction of sp³-hybridized carbons (Fsp3) is 0.500. The monoisotopic (exact) mass is 296 g/mol. The summed E-state index contributed by atoms with van der Waals surface area (Å²) in [4.78, 5) is -0.0172. The van der Waals surface area contributed by atoms with Crippen LogP contribution in [-0.2, 0) is 10.0 Å². The van der Waals surface area contributed by atoms with E-state index in [1.807, 2.05) is 13.8 Å². The van der Waals surface area contributed by atoms with E-state index in [0.717, 1.165) is 25.0 Å². The van der Waals surface area contributed by atoms with Crippen molar-refractivity contribution < 1.29 is 12.8 Å². The minimum absolute atomic E-state index is 0.0172. The zero-order chi connectivity index (χ0) is 14.9. The number of benzene rings is 1. The summed E-state index contributed by atoms with van der Waals surface area (Å²) < 4.78 is 40.0. The van der Waals surface area contributed by atoms with E-state index in [2.05, 4.69) is 0 Å². The van der Waals surface area contributed by atoms with Gasteiger partial charge in [0, 0.05) is 12.6 Å². The summed E-state index contributed by atoms with van der Waals surface area (Å²) in [6, 6.07) is 4.94. The Balaban J connectivity index is 2.42. The third-order valence-electron chi connectivity index (χ3n) is 3.98. The Labute approximate surface area is 118 Å². The highest BCUT2D eigenvalue weighted by molar-refractivity contribution is 7.89. The first kappa shape index (κ1) is 14.9. The Hall–Kier alpha value is -1.45. The standard InChI is InChI=1S/C14H17FN2O2S/c1-10-4-3-7-17(11(10)2)20(18,19)13-5-6-14(15)12(8-13)9-16/h5-6,8,10-11H,3-4,7H2,1-2H3. The number of rotatable bonds is 2. The molecular formula is C14H17FN2O2S. The molecule has 6 heteroatoms. The van der Waals surface area contributed by atoms with Crippen molar-refractivity contribution in [2.75, 3.05) is 6.54 Å². The second-order valence-electron chi connectivity index (χ2n) is 5.23. The van der Waals surface area contributed by atoms with Gasteiger partial charge in [0.1, 0.15) is 11.9 Å². The van der Waals surface area contributed by atoms with Crippen LogP contribution in [0, 0.1) is 23.1 Å². The normalized spacial score (nSPS) is 24.3. The summed E-state index contributed by atoms with van der Waals surface area (Å²) >= 11 is 0. The molecule has 2 atom stereocenters. The first-order valence-corrected chi connectivity index (χ1v) is 8.03. The second-order valence-corrected chi connectivity index (χ2v) is 7.12. The van der Waals surface area contributed by atoms with E-state index in [-0.39, 0.29) is 22.4 Å². The van der Waals surface area contributed by atoms with Crippen LogP contribution in [0.3, 0.4) is 0 Å². The molecule has 0 N–H and O–H groups in total. The van der Waals surface area contributed by atoms with Gasteiger partial charge in [-0.2, -0.15) is 9.57 Å². The zero-order valence-corrected chi connectivity index (χ0v) is 12.3. The number of halogens is 1. The van der Waals surface area contributed by atoms with Crippen LogP contribution in [0.2, 0.25) is 0 Å². The Kier molecular flexibility index (Phi) is 4.11. The Morgan fingerprint density at radius 2 is 2.10 bits per heavy atom. The molecule has 0 radical (unpaired) electrons. The zero-order valence-electron chi connectivity index (χ0n) is 11.5. The average Bonchev–Trinajstić information content (AvgIpc) is 2.42. The summed E-state index contributed by atoms with van der Waals surface area (Å²) in [5.41, 5.74) is -0.246. The van der Waals surface area contributed by atoms with Crippen molar-refractivity contribution in [3.8, 4) is 6.07 Å². The van der Waals surface area contributed by atoms with Crippen molar-refractivity contribution in [2.24, 2.45) is 5.92 Å². The van der Waals surface area contributed by atoms with Crippen LogP contribution in [-0.4, -0.2) is 25.3 Å². The molecule has 1 heterocycles. The number of hydrogen-bond donors (Lipinski definition) is 0. The summed E-state index contributed by atoms with van der Waals surface area (Å²) in [7, 11) is -3.68. The molecule has 0 saturated carbocycles. The van der Waals surface area contributed by atoms with Crippen molar-refractivity contribution >= 4 is 10.0 Å². The molecule has 0 spiro atoms. The largest absolute Gasteiger partial charge is 0.243 e. The number of nitrogens with zero attached hydrogens (tertiary/aromatic N) is 2. The minimum Gasteiger partial charge on any atom is -0.207 e. The highest BCUT2D eigenvalue weighted by atomic mass is 32.2. The molecular weight excluding hydrogens is 279 g/mol. The van der Waals surface area contributed by atoms with Gasteiger partial charge in [-0.15, -0.1) is 0 Å². The average molecular weight is 296 g/mol. The van der Waals surface area contributed by atoms with E-state index in [1.165, 1.54) is 10.4 Å². The molecule has 1 aromatic rings. The lowest BCUT2D eigenvalue weighted by atomic mass is 9.94. The van der Waals surface area contributed by atoms with Gasteiger partial charge >= 0.3 is 0 Å². The summed E-state index contributed by atoms with van der Waals surface area (Å²) in [5, 5.41) is 8.81. The number of hydrogen-bond acceptors (Lipinski definition) is 3. The summed E-state index contributed by atoms with van der Waals surface area (Å²) in [6.07, 6.45) is 1.82. The predicted molar refractivity (Wildman–Crippen MR) is 72.9 cm³/mol. The molecule has 2 unspecified atom stereocenters. The fourth-order valence-electron chi connectivity index (χ4n) is 2.52. The molecule has 20 heavy (non-hydrogen) atoms. The van der Waals surface area contributed by atoms with Gasteiger partial charge in [0.05, 0.1) is 10.5 Å². The molecule has 1 aliphatic rings. The van der Waals surface area contributed by atoms with E-state index in [1.54, 1.807) is 6.07 Å². The first-order chi connectivity index (χ1) is 9.37. The van der Waals surface area contributed by atoms with Gasteiger partial charge in [0.2, 0.25) is 10.0 Å². The predicted octanol–water partition coefficient (Wildman–Crippen LogP) is 2.51. The van der Waals surface area contributed by atoms with Gasteiger partial charge in [-0.1, -0.05) is 6.92 Å². The third-order valence-corrected chi connectivity index (χ3v) is 5.96. The van der Waals surface area contributed by atoms with Gasteiger partial charge in [-0.05, 0) is 43.9 Å². The number of nitriles is 1. The van der Waals surface area contributed by atoms with Crippen LogP contribution in [0.15, 0.2) is 23.1 Å². The van der Waals surface area contributed by atoms with E-state index < -0.39 is 15.8 Å². The second kappa shape index (κ2) is 5.51. The molecule has 0 amide bonds. The van der Waals surface area contributed by atoms with Crippen LogP contribution in [0.25, 0.3) is 0 Å². The summed E-state index contributed by atoms with van der Waals surface area (Å²) in [6.45, 7) is 4.38. The van der Waals surface area contributed by atoms with Crippen LogP contribution in [0.5, 0.6) is 0 Å². The van der Waals surface area contributed by atoms with Gasteiger partial charge in [0.15, 0.2) is 0 Å². The van der Waals surface area contributed by atoms with E-state index >= 15 is 0 Å². The van der Waals surface area contributed by atoms with Crippen LogP contribution in [0.4, 0.5) is 4.39 Å². The molecule has 1 aliphatic heterocycles. The molecule has 1 fully saturated rings. The lowest BCUT2D eigenvalue weighted by Crippen LogP contribution is -2.45. The van der Waals surface area contributed by atoms with Crippen molar-refractivity contribution in [2.45, 2.75) is 37.6 Å². The highest BCUT2D eigenvalue weighted by Crippen LogP contribution is 2.29. The quantitative estimate of drug-likeness (QED) is 0.842. The van der Waals surface area contributed by atoms with Gasteiger partial charge in [-0.25, -0.2) is 12.8 Å². The van der Waals surface area contributed by atoms with Gasteiger partial charge < -0.3 is 0 Å². The maximum absolute atomic E-state index is 13.3. The molecule has 0 aromatic heterocycles. The molecule has 1 saturated heterocycles. The van der Waals surface area contributed by atoms with E-state index in [9.17, 15) is 12.8 Å². The first-order valence-electron chi connectivity index (χ1n) is 6.59. The van der Waals surface area contributed by atoms with Crippen molar-refractivity contribution in [1.82, 2.24) is 4.31 Å². The fourth-order valence-corrected chi connectivity index (χ4v) is 4.32. The molecule has 0 bridgehead atoms. The van der Waals surface area contributed by atoms with E-state index in [4.69, 9.17) is 5.26 Å². The van der Waals surface area contributed by atoms with Gasteiger partial charge in [-0.3, -0.25) is 0 Å². The highest BCUT2D eigenvalue weighted by Gasteiger charge is 2.34. The Bertz CT molecular complexity index is 652. The van der Waals surface area contributed by atoms with Crippen molar-refractivity contribution in [3.63, 3.8) is 0 Å². The Morgan fingerprint density at radius 1 is 1.40 bits per heavy atom. The van der Waals surface area contributed by atoms with Crippen molar-refractivity contribution in [3.05, 3.63) is 29.6 Å². The van der Waals surface area contributed by atoms with Crippen molar-refractivity contribution in [1.29, 1.82) is 5.26 Å². The van der Waals surface area contributed by atoms with Gasteiger partial charge in [0.25, 0.3) is 0 Å². The molecule has 4 nitrogen and oxygen atoms in total. The molecule has 108 valence electrons. The maximum atomic E-state index is 13.3. The Morgan fingerprint density at radius 3 is 2.75 bits per heavy atom. The lowest BCUT2D eigenvalue weighted by Gasteiger charge is -2.36. The summed E-state index contributed by atoms with van der Waals surface area (Å²) in [5.74, 6) is -0.416. The smallest absolute Gasteiger partial charge is 0.207 e. The van der Waals surface area contributed by atoms with Crippen LogP contribution >= 0.6 is 0 Å². The molecule has 0 aliphatic carbocycles. The molecule has 2 rings (SSSR count). The van der Waals surface area contributed by atoms with Crippen LogP contribution < -0.4 is 0 Å². The maximum Gasteiger partial charge on any atom is 0.243 e. The van der Waals surface area contributed by atoms with Crippen LogP contribution in [0.1, 0.15) is 32.3 Å². The number of sulfonamides is 1. The minimum atomic E-state index is -3.68. The topological polar surface area (TPSA) is 61.2 Å². The van der Waals surface area contributed by atoms with E-state index in [0.29, 0.717) is 6.54 Å². The third kappa shape index (κ3) is 2.56. The number of piperidine rings is 1. The molecule has 1 aromatic carbocycles. The SMILES string of the molecule is CC1CCCN(S(=O)(=O)c2ccc(F)c(C#N)c2)C1C.